The van der Waals surface area contributed by atoms with E-state index < -0.39 is 223 Å². The van der Waals surface area contributed by atoms with Gasteiger partial charge in [-0.25, -0.2) is 0 Å². The van der Waals surface area contributed by atoms with Gasteiger partial charge in [0.1, 0.15) is 110 Å². The highest BCUT2D eigenvalue weighted by molar-refractivity contribution is 4.98. The molecule has 0 aromatic carbocycles. The van der Waals surface area contributed by atoms with E-state index in [0.717, 1.165) is 0 Å². The molecule has 16 N–H and O–H groups in total. The molecule has 27 nitrogen and oxygen atoms in total. The van der Waals surface area contributed by atoms with Crippen LogP contribution in [0, 0.1) is 17.8 Å². The standard InChI is InChI=1S/C40H70O27/c1-11-14(4)58-17(7-43)32(21(11)46)64-36-12(2)22(47)34(18(8-44)61-36)66-39-31(56)28(53)26(51)20(63-39)10-57-40-35(29(54)25(50)16(6-42)60-40)67-37-13(3)23(48)33(19(9-45)62-37)65-38-30(55)27(52)24(49)15(5-41)59-38/h11-56H,5-10H2,1-4H3/t11-,12+,13?,14+,15?,16?,17?,18?,19+,20?,21?,22?,23?,24+,25-,26-,27?,28?,29?,30+,31-,32-,33-,34-,35-,36+,37+,38+,39+,40+/m1/s1. The van der Waals surface area contributed by atoms with Crippen LogP contribution in [0.3, 0.4) is 0 Å². The molecule has 6 aliphatic heterocycles. The van der Waals surface area contributed by atoms with Gasteiger partial charge in [-0.05, 0) is 6.92 Å². The van der Waals surface area contributed by atoms with Crippen LogP contribution in [0.1, 0.15) is 27.7 Å². The molecule has 6 rings (SSSR count). The van der Waals surface area contributed by atoms with Gasteiger partial charge in [-0.1, -0.05) is 20.8 Å². The van der Waals surface area contributed by atoms with Crippen molar-refractivity contribution in [2.45, 2.75) is 193 Å². The lowest BCUT2D eigenvalue weighted by molar-refractivity contribution is -0.384. The first-order valence-corrected chi connectivity index (χ1v) is 22.4. The summed E-state index contributed by atoms with van der Waals surface area (Å²) < 4.78 is 64.1. The molecular weight excluding hydrogens is 912 g/mol. The van der Waals surface area contributed by atoms with Gasteiger partial charge in [-0.2, -0.15) is 0 Å². The van der Waals surface area contributed by atoms with Gasteiger partial charge in [0, 0.05) is 17.8 Å². The minimum Gasteiger partial charge on any atom is -0.394 e. The minimum atomic E-state index is -1.98. The highest BCUT2D eigenvalue weighted by Gasteiger charge is 2.55. The fourth-order valence-corrected chi connectivity index (χ4v) is 9.13. The predicted molar refractivity (Wildman–Crippen MR) is 212 cm³/mol. The summed E-state index contributed by atoms with van der Waals surface area (Å²) >= 11 is 0. The smallest absolute Gasteiger partial charge is 0.187 e. The maximum Gasteiger partial charge on any atom is 0.187 e. The van der Waals surface area contributed by atoms with E-state index in [1.807, 2.05) is 0 Å². The van der Waals surface area contributed by atoms with Gasteiger partial charge in [-0.3, -0.25) is 0 Å². The maximum atomic E-state index is 11.5. The van der Waals surface area contributed by atoms with Crippen molar-refractivity contribution >= 4 is 0 Å². The Morgan fingerprint density at radius 1 is 0.299 bits per heavy atom. The average molecular weight is 983 g/mol. The van der Waals surface area contributed by atoms with Gasteiger partial charge in [0.05, 0.1) is 64.1 Å². The van der Waals surface area contributed by atoms with Crippen LogP contribution >= 0.6 is 0 Å². The van der Waals surface area contributed by atoms with E-state index in [1.165, 1.54) is 13.8 Å². The van der Waals surface area contributed by atoms with Crippen molar-refractivity contribution in [2.75, 3.05) is 39.6 Å². The summed E-state index contributed by atoms with van der Waals surface area (Å²) in [6, 6.07) is 0. The fourth-order valence-electron chi connectivity index (χ4n) is 9.13. The van der Waals surface area contributed by atoms with Crippen LogP contribution in [-0.2, 0) is 52.1 Å². The van der Waals surface area contributed by atoms with E-state index >= 15 is 0 Å². The molecule has 0 spiro atoms. The number of ether oxygens (including phenoxy) is 11. The molecule has 6 aliphatic rings. The fraction of sp³-hybridized carbons (Fsp3) is 1.00. The first kappa shape index (κ1) is 55.2. The number of rotatable bonds is 16. The molecule has 0 aliphatic carbocycles. The quantitative estimate of drug-likeness (QED) is 0.0683. The van der Waals surface area contributed by atoms with E-state index in [2.05, 4.69) is 0 Å². The summed E-state index contributed by atoms with van der Waals surface area (Å²) in [6.45, 7) is 1.88. The molecule has 0 saturated carbocycles. The van der Waals surface area contributed by atoms with E-state index in [9.17, 15) is 81.7 Å². The Balaban J connectivity index is 1.12. The van der Waals surface area contributed by atoms with Gasteiger partial charge in [0.15, 0.2) is 31.5 Å². The van der Waals surface area contributed by atoms with Gasteiger partial charge < -0.3 is 134 Å². The SMILES string of the molecule is CC1C(O)[C@H](O[C@@H]2OC(CO)[C@H](O)C(O)[C@@H]2O)[C@H](CO)O[C@H]1O[C@@H]1C(O)[C@H](O)C(CO)O[C@@H]1OCC1O[C@@H](O[C@@H]2C(CO)O[C@@H](O[C@@H]3C(CO)O[C@@H](C)[C@@H](C)C3O)[C@@H](C)C2O)[C@H](O)C(O)[C@@H]1O. The van der Waals surface area contributed by atoms with Crippen molar-refractivity contribution in [1.82, 2.24) is 0 Å². The summed E-state index contributed by atoms with van der Waals surface area (Å²) in [4.78, 5) is 0. The molecule has 27 heteroatoms. The Bertz CT molecular complexity index is 1500. The van der Waals surface area contributed by atoms with E-state index in [-0.39, 0.29) is 0 Å². The molecule has 12 unspecified atom stereocenters. The van der Waals surface area contributed by atoms with Crippen LogP contribution in [0.15, 0.2) is 0 Å². The monoisotopic (exact) mass is 982 g/mol. The van der Waals surface area contributed by atoms with Crippen LogP contribution in [0.2, 0.25) is 0 Å². The van der Waals surface area contributed by atoms with Gasteiger partial charge in [0.25, 0.3) is 0 Å². The number of hydrogen-bond acceptors (Lipinski definition) is 27. The van der Waals surface area contributed by atoms with Crippen molar-refractivity contribution in [3.63, 3.8) is 0 Å². The highest BCUT2D eigenvalue weighted by Crippen LogP contribution is 2.38. The second-order valence-corrected chi connectivity index (χ2v) is 18.2. The van der Waals surface area contributed by atoms with Crippen LogP contribution in [0.4, 0.5) is 0 Å². The van der Waals surface area contributed by atoms with E-state index in [1.54, 1.807) is 13.8 Å². The molecule has 6 fully saturated rings. The van der Waals surface area contributed by atoms with Crippen molar-refractivity contribution < 1.29 is 134 Å². The summed E-state index contributed by atoms with van der Waals surface area (Å²) in [5.74, 6) is -2.48. The van der Waals surface area contributed by atoms with Crippen LogP contribution in [-0.4, -0.2) is 287 Å². The van der Waals surface area contributed by atoms with E-state index in [4.69, 9.17) is 52.1 Å². The Kier molecular flexibility index (Phi) is 19.5. The second kappa shape index (κ2) is 23.6. The van der Waals surface area contributed by atoms with Crippen molar-refractivity contribution in [3.8, 4) is 0 Å². The number of hydrogen-bond donors (Lipinski definition) is 16. The molecule has 6 heterocycles. The number of aliphatic hydroxyl groups is 16. The lowest BCUT2D eigenvalue weighted by Crippen LogP contribution is -2.65. The zero-order chi connectivity index (χ0) is 49.3. The van der Waals surface area contributed by atoms with Crippen molar-refractivity contribution in [1.29, 1.82) is 0 Å². The average Bonchev–Trinajstić information content (AvgIpc) is 3.32. The first-order valence-electron chi connectivity index (χ1n) is 22.4. The molecule has 392 valence electrons. The van der Waals surface area contributed by atoms with E-state index in [0.29, 0.717) is 0 Å². The number of aliphatic hydroxyl groups excluding tert-OH is 16. The third-order valence-electron chi connectivity index (χ3n) is 13.8. The molecule has 67 heavy (non-hydrogen) atoms. The normalized spacial score (nSPS) is 53.4. The molecule has 0 bridgehead atoms. The van der Waals surface area contributed by atoms with Crippen LogP contribution in [0.5, 0.6) is 0 Å². The largest absolute Gasteiger partial charge is 0.394 e. The molecular formula is C40H70O27. The zero-order valence-corrected chi connectivity index (χ0v) is 37.2. The Morgan fingerprint density at radius 2 is 0.627 bits per heavy atom. The molecule has 0 aromatic rings. The topological polar surface area (TPSA) is 425 Å². The maximum absolute atomic E-state index is 11.5. The Morgan fingerprint density at radius 3 is 1.07 bits per heavy atom. The second-order valence-electron chi connectivity index (χ2n) is 18.2. The summed E-state index contributed by atoms with van der Waals surface area (Å²) in [5, 5.41) is 170. The molecule has 0 aromatic heterocycles. The third kappa shape index (κ3) is 11.4. The summed E-state index contributed by atoms with van der Waals surface area (Å²) in [7, 11) is 0. The van der Waals surface area contributed by atoms with Crippen molar-refractivity contribution in [3.05, 3.63) is 0 Å². The zero-order valence-electron chi connectivity index (χ0n) is 37.2. The Labute approximate surface area is 384 Å². The first-order chi connectivity index (χ1) is 31.7. The Hall–Kier alpha value is -1.08. The summed E-state index contributed by atoms with van der Waals surface area (Å²) in [5.41, 5.74) is 0. The lowest BCUT2D eigenvalue weighted by Gasteiger charge is -2.49. The molecule has 6 saturated heterocycles. The molecule has 0 radical (unpaired) electrons. The van der Waals surface area contributed by atoms with Crippen LogP contribution < -0.4 is 0 Å². The molecule has 0 amide bonds. The lowest BCUT2D eigenvalue weighted by atomic mass is 9.88. The van der Waals surface area contributed by atoms with Gasteiger partial charge in [-0.15, -0.1) is 0 Å². The summed E-state index contributed by atoms with van der Waals surface area (Å²) in [6.07, 6.45) is -41.7. The van der Waals surface area contributed by atoms with Crippen molar-refractivity contribution in [2.24, 2.45) is 17.8 Å². The minimum absolute atomic E-state index is 0.406. The molecule has 30 atom stereocenters. The van der Waals surface area contributed by atoms with Gasteiger partial charge in [0.2, 0.25) is 0 Å². The predicted octanol–water partition coefficient (Wildman–Crippen LogP) is -9.20. The van der Waals surface area contributed by atoms with Crippen LogP contribution in [0.25, 0.3) is 0 Å². The highest BCUT2D eigenvalue weighted by atomic mass is 16.8. The third-order valence-corrected chi connectivity index (χ3v) is 13.8. The van der Waals surface area contributed by atoms with Gasteiger partial charge >= 0.3 is 0 Å².